The van der Waals surface area contributed by atoms with Crippen molar-refractivity contribution in [3.05, 3.63) is 51.2 Å². The maximum atomic E-state index is 12.2. The fourth-order valence-corrected chi connectivity index (χ4v) is 3.26. The number of nitrogens with one attached hydrogen (secondary N) is 2. The molecule has 0 atom stereocenters. The number of hydrogen-bond donors (Lipinski definition) is 2. The maximum Gasteiger partial charge on any atom is 0.279 e. The highest BCUT2D eigenvalue weighted by Crippen LogP contribution is 2.30. The monoisotopic (exact) mass is 363 g/mol. The number of carbonyl (C=O) groups excluding carboxylic acids is 3. The topological polar surface area (TPSA) is 78.5 Å². The van der Waals surface area contributed by atoms with E-state index in [1.165, 1.54) is 11.3 Å². The standard InChI is InChI=1S/C16H14ClN3O3S/c17-11-6-5-10(9-12(11)20-7-1-4-14(20)21)15(22)18-19-16(23)13-3-2-8-24-13/h2-3,5-6,8-9H,1,4,7H2,(H,18,22)(H,19,23). The number of hydrazine groups is 1. The van der Waals surface area contributed by atoms with Crippen molar-refractivity contribution >= 4 is 46.3 Å². The van der Waals surface area contributed by atoms with Crippen LogP contribution in [-0.2, 0) is 4.79 Å². The summed E-state index contributed by atoms with van der Waals surface area (Å²) in [7, 11) is 0. The van der Waals surface area contributed by atoms with E-state index in [1.807, 2.05) is 0 Å². The van der Waals surface area contributed by atoms with Gasteiger partial charge in [0.25, 0.3) is 11.8 Å². The predicted molar refractivity (Wildman–Crippen MR) is 92.3 cm³/mol. The molecule has 0 bridgehead atoms. The molecule has 3 rings (SSSR count). The number of carbonyl (C=O) groups is 3. The third-order valence-electron chi connectivity index (χ3n) is 3.61. The third kappa shape index (κ3) is 3.42. The minimum absolute atomic E-state index is 0.0135. The van der Waals surface area contributed by atoms with Crippen LogP contribution in [-0.4, -0.2) is 24.3 Å². The first-order chi connectivity index (χ1) is 11.6. The average Bonchev–Trinajstić information content (AvgIpc) is 3.24. The summed E-state index contributed by atoms with van der Waals surface area (Å²) in [5.74, 6) is -0.882. The normalized spacial score (nSPS) is 13.9. The molecule has 3 amide bonds. The predicted octanol–water partition coefficient (Wildman–Crippen LogP) is 2.60. The van der Waals surface area contributed by atoms with E-state index in [9.17, 15) is 14.4 Å². The Morgan fingerprint density at radius 2 is 1.96 bits per heavy atom. The third-order valence-corrected chi connectivity index (χ3v) is 4.80. The van der Waals surface area contributed by atoms with Crippen LogP contribution in [0.2, 0.25) is 5.02 Å². The second-order valence-electron chi connectivity index (χ2n) is 5.20. The van der Waals surface area contributed by atoms with Crippen LogP contribution >= 0.6 is 22.9 Å². The first-order valence-corrected chi connectivity index (χ1v) is 8.56. The number of thiophene rings is 1. The Bertz CT molecular complexity index is 792. The second kappa shape index (κ2) is 7.02. The van der Waals surface area contributed by atoms with E-state index in [0.29, 0.717) is 34.1 Å². The van der Waals surface area contributed by atoms with Crippen molar-refractivity contribution in [3.63, 3.8) is 0 Å². The highest BCUT2D eigenvalue weighted by atomic mass is 35.5. The van der Waals surface area contributed by atoms with Gasteiger partial charge < -0.3 is 4.90 Å². The SMILES string of the molecule is O=C(NNC(=O)c1cccs1)c1ccc(Cl)c(N2CCCC2=O)c1. The Balaban J connectivity index is 1.71. The van der Waals surface area contributed by atoms with Gasteiger partial charge in [-0.3, -0.25) is 25.2 Å². The molecule has 0 spiro atoms. The van der Waals surface area contributed by atoms with Gasteiger partial charge in [0.05, 0.1) is 15.6 Å². The number of hydrogen-bond acceptors (Lipinski definition) is 4. The van der Waals surface area contributed by atoms with Gasteiger partial charge in [0.2, 0.25) is 5.91 Å². The van der Waals surface area contributed by atoms with Crippen molar-refractivity contribution in [2.45, 2.75) is 12.8 Å². The molecule has 2 heterocycles. The maximum absolute atomic E-state index is 12.2. The van der Waals surface area contributed by atoms with Crippen molar-refractivity contribution in [1.29, 1.82) is 0 Å². The van der Waals surface area contributed by atoms with Gasteiger partial charge in [-0.15, -0.1) is 11.3 Å². The Morgan fingerprint density at radius 3 is 2.62 bits per heavy atom. The minimum atomic E-state index is -0.482. The molecule has 1 aromatic heterocycles. The van der Waals surface area contributed by atoms with Crippen LogP contribution in [0.4, 0.5) is 5.69 Å². The summed E-state index contributed by atoms with van der Waals surface area (Å²) in [6.45, 7) is 0.582. The molecule has 1 aliphatic rings. The first kappa shape index (κ1) is 16.5. The summed E-state index contributed by atoms with van der Waals surface area (Å²) in [4.78, 5) is 38.0. The summed E-state index contributed by atoms with van der Waals surface area (Å²) in [6, 6.07) is 8.07. The van der Waals surface area contributed by atoms with Crippen molar-refractivity contribution in [2.24, 2.45) is 0 Å². The van der Waals surface area contributed by atoms with Crippen LogP contribution < -0.4 is 15.8 Å². The molecule has 1 fully saturated rings. The fourth-order valence-electron chi connectivity index (χ4n) is 2.42. The van der Waals surface area contributed by atoms with E-state index < -0.39 is 5.91 Å². The molecule has 0 radical (unpaired) electrons. The van der Waals surface area contributed by atoms with Crippen LogP contribution in [0.25, 0.3) is 0 Å². The summed E-state index contributed by atoms with van der Waals surface area (Å²) in [5.41, 5.74) is 5.53. The minimum Gasteiger partial charge on any atom is -0.311 e. The molecule has 0 saturated carbocycles. The van der Waals surface area contributed by atoms with E-state index in [4.69, 9.17) is 11.6 Å². The largest absolute Gasteiger partial charge is 0.311 e. The van der Waals surface area contributed by atoms with Gasteiger partial charge in [-0.1, -0.05) is 17.7 Å². The lowest BCUT2D eigenvalue weighted by atomic mass is 10.2. The lowest BCUT2D eigenvalue weighted by Gasteiger charge is -2.18. The van der Waals surface area contributed by atoms with E-state index in [0.717, 1.165) is 6.42 Å². The molecule has 2 N–H and O–H groups in total. The number of amides is 3. The van der Waals surface area contributed by atoms with Crippen LogP contribution in [0.5, 0.6) is 0 Å². The van der Waals surface area contributed by atoms with Gasteiger partial charge >= 0.3 is 0 Å². The quantitative estimate of drug-likeness (QED) is 0.823. The van der Waals surface area contributed by atoms with Gasteiger partial charge in [0, 0.05) is 18.5 Å². The zero-order valence-corrected chi connectivity index (χ0v) is 14.1. The zero-order chi connectivity index (χ0) is 17.1. The van der Waals surface area contributed by atoms with Gasteiger partial charge in [0.15, 0.2) is 0 Å². The van der Waals surface area contributed by atoms with E-state index in [1.54, 1.807) is 40.6 Å². The lowest BCUT2D eigenvalue weighted by Crippen LogP contribution is -2.41. The molecule has 1 aliphatic heterocycles. The fraction of sp³-hybridized carbons (Fsp3) is 0.188. The smallest absolute Gasteiger partial charge is 0.279 e. The van der Waals surface area contributed by atoms with Gasteiger partial charge in [-0.25, -0.2) is 0 Å². The Morgan fingerprint density at radius 1 is 1.17 bits per heavy atom. The number of benzene rings is 1. The highest BCUT2D eigenvalue weighted by Gasteiger charge is 2.24. The molecule has 1 aromatic carbocycles. The molecule has 0 aliphatic carbocycles. The molecule has 24 heavy (non-hydrogen) atoms. The molecule has 124 valence electrons. The van der Waals surface area contributed by atoms with Crippen LogP contribution in [0.15, 0.2) is 35.7 Å². The van der Waals surface area contributed by atoms with Crippen molar-refractivity contribution in [2.75, 3.05) is 11.4 Å². The Hall–Kier alpha value is -2.38. The zero-order valence-electron chi connectivity index (χ0n) is 12.5. The molecule has 6 nitrogen and oxygen atoms in total. The number of rotatable bonds is 3. The summed E-state index contributed by atoms with van der Waals surface area (Å²) < 4.78 is 0. The Labute approximate surface area is 147 Å². The van der Waals surface area contributed by atoms with E-state index >= 15 is 0 Å². The van der Waals surface area contributed by atoms with Crippen molar-refractivity contribution < 1.29 is 14.4 Å². The second-order valence-corrected chi connectivity index (χ2v) is 6.56. The summed E-state index contributed by atoms with van der Waals surface area (Å²) in [5, 5.41) is 2.18. The van der Waals surface area contributed by atoms with E-state index in [2.05, 4.69) is 10.9 Å². The molecule has 0 unspecified atom stereocenters. The highest BCUT2D eigenvalue weighted by molar-refractivity contribution is 7.12. The van der Waals surface area contributed by atoms with E-state index in [-0.39, 0.29) is 11.8 Å². The number of anilines is 1. The molecule has 8 heteroatoms. The molecular weight excluding hydrogens is 350 g/mol. The van der Waals surface area contributed by atoms with Crippen molar-refractivity contribution in [1.82, 2.24) is 10.9 Å². The molecule has 1 saturated heterocycles. The molecule has 2 aromatic rings. The number of nitrogens with zero attached hydrogens (tertiary/aromatic N) is 1. The van der Waals surface area contributed by atoms with Crippen molar-refractivity contribution in [3.8, 4) is 0 Å². The van der Waals surface area contributed by atoms with Crippen LogP contribution in [0.1, 0.15) is 32.9 Å². The first-order valence-electron chi connectivity index (χ1n) is 7.30. The average molecular weight is 364 g/mol. The van der Waals surface area contributed by atoms with Gasteiger partial charge in [-0.05, 0) is 36.1 Å². The summed E-state index contributed by atoms with van der Waals surface area (Å²) >= 11 is 7.42. The molecular formula is C16H14ClN3O3S. The Kier molecular flexibility index (Phi) is 4.82. The lowest BCUT2D eigenvalue weighted by molar-refractivity contribution is -0.117. The van der Waals surface area contributed by atoms with Crippen LogP contribution in [0, 0.1) is 0 Å². The van der Waals surface area contributed by atoms with Gasteiger partial charge in [-0.2, -0.15) is 0 Å². The van der Waals surface area contributed by atoms with Crippen LogP contribution in [0.3, 0.4) is 0 Å². The number of halogens is 1. The van der Waals surface area contributed by atoms with Gasteiger partial charge in [0.1, 0.15) is 0 Å². The summed E-state index contributed by atoms with van der Waals surface area (Å²) in [6.07, 6.45) is 1.24.